The van der Waals surface area contributed by atoms with E-state index in [0.717, 1.165) is 22.4 Å². The van der Waals surface area contributed by atoms with E-state index in [0.29, 0.717) is 22.9 Å². The van der Waals surface area contributed by atoms with Crippen LogP contribution in [0.15, 0.2) is 42.5 Å². The predicted octanol–water partition coefficient (Wildman–Crippen LogP) is 4.96. The molecule has 1 amide bonds. The van der Waals surface area contributed by atoms with Gasteiger partial charge in [0.15, 0.2) is 11.5 Å². The van der Waals surface area contributed by atoms with Gasteiger partial charge in [0, 0.05) is 10.6 Å². The molecule has 0 bridgehead atoms. The number of halogens is 1. The fourth-order valence-electron chi connectivity index (χ4n) is 3.40. The van der Waals surface area contributed by atoms with E-state index in [9.17, 15) is 4.79 Å². The zero-order chi connectivity index (χ0) is 19.6. The van der Waals surface area contributed by atoms with Gasteiger partial charge in [-0.05, 0) is 54.8 Å². The summed E-state index contributed by atoms with van der Waals surface area (Å²) in [5.74, 6) is 1.32. The minimum Gasteiger partial charge on any atom is -0.493 e. The van der Waals surface area contributed by atoms with Crippen LogP contribution in [-0.4, -0.2) is 33.5 Å². The second-order valence-corrected chi connectivity index (χ2v) is 6.75. The molecule has 0 aliphatic carbocycles. The number of ether oxygens (including phenoxy) is 3. The molecule has 1 atom stereocenters. The van der Waals surface area contributed by atoms with Crippen molar-refractivity contribution in [2.24, 2.45) is 0 Å². The van der Waals surface area contributed by atoms with Crippen LogP contribution in [0.3, 0.4) is 0 Å². The summed E-state index contributed by atoms with van der Waals surface area (Å²) in [4.78, 5) is 14.2. The van der Waals surface area contributed by atoms with E-state index in [1.165, 1.54) is 7.11 Å². The minimum absolute atomic E-state index is 0.191. The van der Waals surface area contributed by atoms with Gasteiger partial charge in [-0.1, -0.05) is 23.7 Å². The number of anilines is 1. The van der Waals surface area contributed by atoms with Gasteiger partial charge in [0.2, 0.25) is 0 Å². The second-order valence-electron chi connectivity index (χ2n) is 6.31. The molecule has 0 fully saturated rings. The van der Waals surface area contributed by atoms with Crippen molar-refractivity contribution in [2.75, 3.05) is 26.2 Å². The van der Waals surface area contributed by atoms with Crippen LogP contribution in [-0.2, 0) is 11.2 Å². The molecule has 1 aliphatic rings. The Bertz CT molecular complexity index is 894. The second kappa shape index (κ2) is 7.92. The maximum absolute atomic E-state index is 12.5. The molecule has 2 aromatic carbocycles. The molecular weight excluding hydrogens is 366 g/mol. The van der Waals surface area contributed by atoms with Crippen LogP contribution >= 0.6 is 11.6 Å². The summed E-state index contributed by atoms with van der Waals surface area (Å²) in [6, 6.07) is 11.1. The van der Waals surface area contributed by atoms with Crippen LogP contribution in [0.4, 0.5) is 10.5 Å². The zero-order valence-electron chi connectivity index (χ0n) is 15.8. The van der Waals surface area contributed by atoms with E-state index >= 15 is 0 Å². The number of hydrogen-bond acceptors (Lipinski definition) is 4. The summed E-state index contributed by atoms with van der Waals surface area (Å²) >= 11 is 6.14. The Hall–Kier alpha value is -2.66. The van der Waals surface area contributed by atoms with Gasteiger partial charge < -0.3 is 14.2 Å². The van der Waals surface area contributed by atoms with Gasteiger partial charge in [0.25, 0.3) is 0 Å². The van der Waals surface area contributed by atoms with Gasteiger partial charge >= 0.3 is 6.09 Å². The van der Waals surface area contributed by atoms with Crippen molar-refractivity contribution in [1.82, 2.24) is 0 Å². The van der Waals surface area contributed by atoms with Crippen molar-refractivity contribution in [1.29, 1.82) is 0 Å². The Morgan fingerprint density at radius 1 is 1.07 bits per heavy atom. The Morgan fingerprint density at radius 2 is 1.81 bits per heavy atom. The van der Waals surface area contributed by atoms with Gasteiger partial charge in [-0.2, -0.15) is 0 Å². The van der Waals surface area contributed by atoms with E-state index in [2.05, 4.69) is 6.08 Å². The first-order chi connectivity index (χ1) is 13.0. The Morgan fingerprint density at radius 3 is 2.48 bits per heavy atom. The Kier molecular flexibility index (Phi) is 5.61. The van der Waals surface area contributed by atoms with Crippen molar-refractivity contribution in [3.05, 3.63) is 58.6 Å². The molecule has 1 unspecified atom stereocenters. The summed E-state index contributed by atoms with van der Waals surface area (Å²) in [6.45, 7) is 2.02. The lowest BCUT2D eigenvalue weighted by Crippen LogP contribution is -2.43. The molecular formula is C21H22ClNO4. The lowest BCUT2D eigenvalue weighted by Gasteiger charge is -2.34. The number of benzene rings is 2. The zero-order valence-corrected chi connectivity index (χ0v) is 16.5. The van der Waals surface area contributed by atoms with E-state index in [4.69, 9.17) is 25.8 Å². The molecule has 27 heavy (non-hydrogen) atoms. The molecule has 0 aromatic heterocycles. The van der Waals surface area contributed by atoms with Crippen molar-refractivity contribution in [2.45, 2.75) is 19.4 Å². The molecule has 0 saturated carbocycles. The average molecular weight is 388 g/mol. The molecule has 0 radical (unpaired) electrons. The number of allylic oxidation sites excluding steroid dienone is 1. The molecule has 5 nitrogen and oxygen atoms in total. The van der Waals surface area contributed by atoms with E-state index < -0.39 is 6.09 Å². The number of rotatable bonds is 4. The molecule has 2 aromatic rings. The van der Waals surface area contributed by atoms with Gasteiger partial charge in [-0.25, -0.2) is 4.79 Å². The largest absolute Gasteiger partial charge is 0.493 e. The molecule has 3 rings (SSSR count). The summed E-state index contributed by atoms with van der Waals surface area (Å²) in [6.07, 6.45) is 2.26. The van der Waals surface area contributed by atoms with E-state index in [1.807, 2.05) is 37.3 Å². The molecule has 0 N–H and O–H groups in total. The molecule has 0 saturated heterocycles. The summed E-state index contributed by atoms with van der Waals surface area (Å²) in [7, 11) is 4.59. The van der Waals surface area contributed by atoms with E-state index in [1.54, 1.807) is 25.2 Å². The Labute approximate surface area is 164 Å². The molecule has 6 heteroatoms. The smallest absolute Gasteiger partial charge is 0.414 e. The van der Waals surface area contributed by atoms with Crippen molar-refractivity contribution in [3.8, 4) is 11.5 Å². The first-order valence-electron chi connectivity index (χ1n) is 8.55. The van der Waals surface area contributed by atoms with Crippen LogP contribution in [0.1, 0.15) is 18.1 Å². The number of methoxy groups -OCH3 is 3. The molecule has 1 heterocycles. The monoisotopic (exact) mass is 387 g/mol. The maximum Gasteiger partial charge on any atom is 0.414 e. The number of hydrogen-bond donors (Lipinski definition) is 0. The number of fused-ring (bicyclic) bond motifs is 1. The highest BCUT2D eigenvalue weighted by atomic mass is 35.5. The maximum atomic E-state index is 12.5. The van der Waals surface area contributed by atoms with Crippen LogP contribution in [0.5, 0.6) is 11.5 Å². The molecule has 142 valence electrons. The first kappa shape index (κ1) is 19.1. The third kappa shape index (κ3) is 3.74. The number of carbonyl (C=O) groups excluding carboxylic acids is 1. The van der Waals surface area contributed by atoms with Gasteiger partial charge in [0.05, 0.1) is 33.1 Å². The fraction of sp³-hybridized carbons (Fsp3) is 0.286. The van der Waals surface area contributed by atoms with E-state index in [-0.39, 0.29) is 6.04 Å². The third-order valence-corrected chi connectivity index (χ3v) is 4.92. The van der Waals surface area contributed by atoms with Gasteiger partial charge in [-0.15, -0.1) is 0 Å². The highest BCUT2D eigenvalue weighted by Gasteiger charge is 2.31. The number of nitrogens with zero attached hydrogens (tertiary/aromatic N) is 1. The number of amides is 1. The quantitative estimate of drug-likeness (QED) is 0.744. The molecule has 1 aliphatic heterocycles. The third-order valence-electron chi connectivity index (χ3n) is 4.68. The first-order valence-corrected chi connectivity index (χ1v) is 8.92. The summed E-state index contributed by atoms with van der Waals surface area (Å²) in [5, 5.41) is 0.629. The number of carbonyl (C=O) groups is 1. The predicted molar refractivity (Wildman–Crippen MR) is 107 cm³/mol. The fourth-order valence-corrected chi connectivity index (χ4v) is 3.57. The van der Waals surface area contributed by atoms with Crippen LogP contribution in [0, 0.1) is 0 Å². The summed E-state index contributed by atoms with van der Waals surface area (Å²) in [5.41, 5.74) is 3.80. The van der Waals surface area contributed by atoms with Crippen LogP contribution in [0.2, 0.25) is 5.02 Å². The van der Waals surface area contributed by atoms with Crippen LogP contribution < -0.4 is 14.4 Å². The SMILES string of the molecule is COC(=O)N1c2ccc(Cl)cc2C(C)=CC1Cc1ccc(OC)c(OC)c1. The Balaban J connectivity index is 2.00. The van der Waals surface area contributed by atoms with Gasteiger partial charge in [-0.3, -0.25) is 4.90 Å². The van der Waals surface area contributed by atoms with Crippen molar-refractivity contribution in [3.63, 3.8) is 0 Å². The average Bonchev–Trinajstić information content (AvgIpc) is 2.68. The highest BCUT2D eigenvalue weighted by molar-refractivity contribution is 6.31. The summed E-state index contributed by atoms with van der Waals surface area (Å²) < 4.78 is 15.7. The normalized spacial score (nSPS) is 15.7. The van der Waals surface area contributed by atoms with Gasteiger partial charge in [0.1, 0.15) is 0 Å². The standard InChI is InChI=1S/C21H22ClNO4/c1-13-9-16(10-14-5-8-19(25-2)20(11-14)26-3)23(21(24)27-4)18-7-6-15(22)12-17(13)18/h5-9,11-12,16H,10H2,1-4H3. The highest BCUT2D eigenvalue weighted by Crippen LogP contribution is 2.37. The lowest BCUT2D eigenvalue weighted by molar-refractivity contribution is 0.177. The topological polar surface area (TPSA) is 48.0 Å². The lowest BCUT2D eigenvalue weighted by atomic mass is 9.93. The van der Waals surface area contributed by atoms with Crippen molar-refractivity contribution >= 4 is 29.0 Å². The van der Waals surface area contributed by atoms with Crippen LogP contribution in [0.25, 0.3) is 5.57 Å². The van der Waals surface area contributed by atoms with Crippen molar-refractivity contribution < 1.29 is 19.0 Å². The minimum atomic E-state index is -0.409. The molecule has 0 spiro atoms.